The van der Waals surface area contributed by atoms with Crippen LogP contribution in [-0.2, 0) is 6.42 Å². The zero-order valence-corrected chi connectivity index (χ0v) is 13.1. The molecular weight excluding hydrogens is 246 g/mol. The lowest BCUT2D eigenvalue weighted by molar-refractivity contribution is 0.514. The highest BCUT2D eigenvalue weighted by molar-refractivity contribution is 5.36. The smallest absolute Gasteiger partial charge is 0.0643 e. The van der Waals surface area contributed by atoms with Gasteiger partial charge in [0.1, 0.15) is 0 Å². The molecule has 0 aliphatic rings. The van der Waals surface area contributed by atoms with Gasteiger partial charge in [-0.05, 0) is 57.5 Å². The molecular formula is C17H25N3. The molecule has 1 atom stereocenters. The summed E-state index contributed by atoms with van der Waals surface area (Å²) in [6.07, 6.45) is 2.99. The lowest BCUT2D eigenvalue weighted by atomic mass is 9.93. The van der Waals surface area contributed by atoms with E-state index in [0.29, 0.717) is 12.1 Å². The Kier molecular flexibility index (Phi) is 4.61. The average molecular weight is 271 g/mol. The molecule has 3 heteroatoms. The van der Waals surface area contributed by atoms with Crippen LogP contribution >= 0.6 is 0 Å². The minimum atomic E-state index is 0.312. The molecule has 0 saturated heterocycles. The minimum absolute atomic E-state index is 0.312. The Labute approximate surface area is 122 Å². The summed E-state index contributed by atoms with van der Waals surface area (Å²) in [6.45, 7) is 8.66. The van der Waals surface area contributed by atoms with Crippen LogP contribution in [-0.4, -0.2) is 16.8 Å². The number of rotatable bonds is 5. The Balaban J connectivity index is 2.24. The number of aromatic nitrogens is 2. The predicted octanol–water partition coefficient (Wildman–Crippen LogP) is 3.58. The van der Waals surface area contributed by atoms with Crippen molar-refractivity contribution in [2.75, 3.05) is 7.05 Å². The Morgan fingerprint density at radius 2 is 1.80 bits per heavy atom. The Morgan fingerprint density at radius 3 is 2.30 bits per heavy atom. The second kappa shape index (κ2) is 6.23. The van der Waals surface area contributed by atoms with E-state index in [4.69, 9.17) is 0 Å². The molecule has 1 unspecified atom stereocenters. The van der Waals surface area contributed by atoms with Crippen molar-refractivity contribution in [3.8, 4) is 0 Å². The first-order valence-corrected chi connectivity index (χ1v) is 7.30. The van der Waals surface area contributed by atoms with E-state index < -0.39 is 0 Å². The van der Waals surface area contributed by atoms with E-state index in [1.54, 1.807) is 0 Å². The maximum absolute atomic E-state index is 4.66. The van der Waals surface area contributed by atoms with Crippen LogP contribution in [0.1, 0.15) is 48.3 Å². The number of likely N-dealkylation sites (N-methyl/N-ethyl adjacent to an activating group) is 1. The van der Waals surface area contributed by atoms with Gasteiger partial charge in [0.05, 0.1) is 5.69 Å². The molecule has 3 nitrogen and oxygen atoms in total. The first kappa shape index (κ1) is 14.8. The van der Waals surface area contributed by atoms with E-state index in [2.05, 4.69) is 68.6 Å². The molecule has 0 saturated carbocycles. The summed E-state index contributed by atoms with van der Waals surface area (Å²) in [5, 5.41) is 8.10. The molecule has 20 heavy (non-hydrogen) atoms. The van der Waals surface area contributed by atoms with Crippen LogP contribution in [0, 0.1) is 13.8 Å². The first-order chi connectivity index (χ1) is 9.52. The van der Waals surface area contributed by atoms with E-state index in [-0.39, 0.29) is 0 Å². The second-order valence-corrected chi connectivity index (χ2v) is 5.73. The third-order valence-electron chi connectivity index (χ3n) is 3.84. The van der Waals surface area contributed by atoms with Gasteiger partial charge >= 0.3 is 0 Å². The van der Waals surface area contributed by atoms with Crippen molar-refractivity contribution in [3.63, 3.8) is 0 Å². The summed E-state index contributed by atoms with van der Waals surface area (Å²) >= 11 is 0. The molecule has 0 bridgehead atoms. The predicted molar refractivity (Wildman–Crippen MR) is 84.0 cm³/mol. The molecule has 2 aromatic rings. The highest BCUT2D eigenvalue weighted by atomic mass is 15.3. The quantitative estimate of drug-likeness (QED) is 0.900. The molecule has 0 aliphatic carbocycles. The van der Waals surface area contributed by atoms with Gasteiger partial charge in [-0.25, -0.2) is 0 Å². The summed E-state index contributed by atoms with van der Waals surface area (Å²) in [7, 11) is 2.02. The van der Waals surface area contributed by atoms with Crippen molar-refractivity contribution in [2.24, 2.45) is 0 Å². The molecule has 1 aromatic heterocycles. The van der Waals surface area contributed by atoms with Crippen molar-refractivity contribution in [1.29, 1.82) is 0 Å². The maximum Gasteiger partial charge on any atom is 0.0643 e. The Morgan fingerprint density at radius 1 is 1.15 bits per heavy atom. The van der Waals surface area contributed by atoms with Crippen LogP contribution in [0.4, 0.5) is 0 Å². The zero-order valence-electron chi connectivity index (χ0n) is 13.1. The number of aryl methyl sites for hydroxylation is 2. The van der Waals surface area contributed by atoms with Gasteiger partial charge in [0.2, 0.25) is 0 Å². The van der Waals surface area contributed by atoms with Gasteiger partial charge in [0.15, 0.2) is 0 Å². The van der Waals surface area contributed by atoms with Crippen LogP contribution in [0.3, 0.4) is 0 Å². The second-order valence-electron chi connectivity index (χ2n) is 5.73. The van der Waals surface area contributed by atoms with E-state index in [9.17, 15) is 0 Å². The third kappa shape index (κ3) is 3.10. The fourth-order valence-corrected chi connectivity index (χ4v) is 2.71. The highest BCUT2D eigenvalue weighted by Crippen LogP contribution is 2.24. The molecule has 0 radical (unpaired) electrons. The lowest BCUT2D eigenvalue weighted by Crippen LogP contribution is -2.21. The van der Waals surface area contributed by atoms with Crippen LogP contribution in [0.2, 0.25) is 0 Å². The molecule has 2 rings (SSSR count). The Bertz CT molecular complexity index is 549. The van der Waals surface area contributed by atoms with Crippen molar-refractivity contribution >= 4 is 0 Å². The summed E-state index contributed by atoms with van der Waals surface area (Å²) in [4.78, 5) is 0. The monoisotopic (exact) mass is 271 g/mol. The molecule has 0 amide bonds. The SMILES string of the molecule is CNC(Cc1ccn(C(C)C)n1)c1c(C)cccc1C. The Hall–Kier alpha value is -1.61. The fraction of sp³-hybridized carbons (Fsp3) is 0.471. The number of benzene rings is 1. The maximum atomic E-state index is 4.66. The summed E-state index contributed by atoms with van der Waals surface area (Å²) in [5.74, 6) is 0. The van der Waals surface area contributed by atoms with Crippen molar-refractivity contribution in [1.82, 2.24) is 15.1 Å². The number of nitrogens with one attached hydrogen (secondary N) is 1. The van der Waals surface area contributed by atoms with Crippen molar-refractivity contribution in [3.05, 3.63) is 52.8 Å². The molecule has 0 spiro atoms. The van der Waals surface area contributed by atoms with Crippen LogP contribution in [0.5, 0.6) is 0 Å². The molecule has 0 fully saturated rings. The standard InChI is InChI=1S/C17H25N3/c1-12(2)20-10-9-15(19-20)11-16(18-5)17-13(3)7-6-8-14(17)4/h6-10,12,16,18H,11H2,1-5H3. The van der Waals surface area contributed by atoms with Crippen LogP contribution in [0.25, 0.3) is 0 Å². The molecule has 1 aromatic carbocycles. The summed E-state index contributed by atoms with van der Waals surface area (Å²) in [6, 6.07) is 9.33. The average Bonchev–Trinajstić information content (AvgIpc) is 2.86. The summed E-state index contributed by atoms with van der Waals surface area (Å²) in [5.41, 5.74) is 5.22. The number of hydrogen-bond donors (Lipinski definition) is 1. The van der Waals surface area contributed by atoms with Crippen molar-refractivity contribution < 1.29 is 0 Å². The van der Waals surface area contributed by atoms with Gasteiger partial charge in [-0.15, -0.1) is 0 Å². The first-order valence-electron chi connectivity index (χ1n) is 7.30. The number of hydrogen-bond acceptors (Lipinski definition) is 2. The topological polar surface area (TPSA) is 29.9 Å². The van der Waals surface area contributed by atoms with E-state index in [1.165, 1.54) is 16.7 Å². The fourth-order valence-electron chi connectivity index (χ4n) is 2.71. The van der Waals surface area contributed by atoms with Gasteiger partial charge in [0.25, 0.3) is 0 Å². The van der Waals surface area contributed by atoms with Crippen molar-refractivity contribution in [2.45, 2.75) is 46.2 Å². The van der Waals surface area contributed by atoms with E-state index in [0.717, 1.165) is 12.1 Å². The molecule has 1 heterocycles. The molecule has 1 N–H and O–H groups in total. The minimum Gasteiger partial charge on any atom is -0.313 e. The largest absolute Gasteiger partial charge is 0.313 e. The van der Waals surface area contributed by atoms with E-state index >= 15 is 0 Å². The third-order valence-corrected chi connectivity index (χ3v) is 3.84. The van der Waals surface area contributed by atoms with Gasteiger partial charge < -0.3 is 5.32 Å². The molecule has 108 valence electrons. The van der Waals surface area contributed by atoms with E-state index in [1.807, 2.05) is 11.7 Å². The van der Waals surface area contributed by atoms with Crippen LogP contribution < -0.4 is 5.32 Å². The van der Waals surface area contributed by atoms with Crippen LogP contribution in [0.15, 0.2) is 30.5 Å². The van der Waals surface area contributed by atoms with Gasteiger partial charge in [0, 0.05) is 24.7 Å². The zero-order chi connectivity index (χ0) is 14.7. The summed E-state index contributed by atoms with van der Waals surface area (Å²) < 4.78 is 2.02. The van der Waals surface area contributed by atoms with Gasteiger partial charge in [-0.1, -0.05) is 18.2 Å². The lowest BCUT2D eigenvalue weighted by Gasteiger charge is -2.20. The number of nitrogens with zero attached hydrogens (tertiary/aromatic N) is 2. The highest BCUT2D eigenvalue weighted by Gasteiger charge is 2.16. The van der Waals surface area contributed by atoms with Gasteiger partial charge in [-0.2, -0.15) is 5.10 Å². The molecule has 0 aliphatic heterocycles. The van der Waals surface area contributed by atoms with Gasteiger partial charge in [-0.3, -0.25) is 4.68 Å². The normalized spacial score (nSPS) is 12.9.